The van der Waals surface area contributed by atoms with Crippen molar-refractivity contribution in [1.29, 1.82) is 0 Å². The molecule has 3 heterocycles. The monoisotopic (exact) mass is 647 g/mol. The molecule has 0 aliphatic carbocycles. The summed E-state index contributed by atoms with van der Waals surface area (Å²) in [5.74, 6) is -0.649. The van der Waals surface area contributed by atoms with E-state index in [0.29, 0.717) is 35.9 Å². The predicted molar refractivity (Wildman–Crippen MR) is 183 cm³/mol. The lowest BCUT2D eigenvalue weighted by atomic mass is 10.0. The van der Waals surface area contributed by atoms with E-state index in [0.717, 1.165) is 39.2 Å². The second-order valence-electron chi connectivity index (χ2n) is 11.4. The number of hydrogen-bond acceptors (Lipinski definition) is 7. The van der Waals surface area contributed by atoms with Crippen LogP contribution in [0, 0.1) is 11.6 Å². The van der Waals surface area contributed by atoms with Gasteiger partial charge in [0.25, 0.3) is 0 Å². The van der Waals surface area contributed by atoms with E-state index in [1.54, 1.807) is 33.6 Å². The summed E-state index contributed by atoms with van der Waals surface area (Å²) in [6.45, 7) is 0.744. The summed E-state index contributed by atoms with van der Waals surface area (Å²) in [5.41, 5.74) is 8.64. The van der Waals surface area contributed by atoms with Crippen LogP contribution in [0.25, 0.3) is 44.9 Å². The van der Waals surface area contributed by atoms with Gasteiger partial charge in [0.15, 0.2) is 0 Å². The van der Waals surface area contributed by atoms with Crippen LogP contribution in [0.5, 0.6) is 0 Å². The Morgan fingerprint density at radius 3 is 1.47 bits per heavy atom. The third-order valence-electron chi connectivity index (χ3n) is 8.08. The fourth-order valence-corrected chi connectivity index (χ4v) is 5.65. The van der Waals surface area contributed by atoms with Crippen molar-refractivity contribution in [3.05, 3.63) is 163 Å². The first-order valence-corrected chi connectivity index (χ1v) is 15.6. The van der Waals surface area contributed by atoms with Crippen molar-refractivity contribution >= 4 is 16.7 Å². The first-order chi connectivity index (χ1) is 24.1. The van der Waals surface area contributed by atoms with Crippen molar-refractivity contribution < 1.29 is 8.78 Å². The van der Waals surface area contributed by atoms with Crippen LogP contribution in [0.4, 0.5) is 14.5 Å². The maximum Gasteiger partial charge on any atom is 0.123 e. The van der Waals surface area contributed by atoms with Gasteiger partial charge in [0.2, 0.25) is 0 Å². The number of rotatable bonds is 9. The van der Waals surface area contributed by atoms with Crippen LogP contribution in [0.15, 0.2) is 140 Å². The van der Waals surface area contributed by atoms with Crippen LogP contribution in [-0.4, -0.2) is 40.0 Å². The molecule has 0 N–H and O–H groups in total. The van der Waals surface area contributed by atoms with Gasteiger partial charge >= 0.3 is 0 Å². The van der Waals surface area contributed by atoms with Gasteiger partial charge in [0, 0.05) is 16.8 Å². The van der Waals surface area contributed by atoms with Gasteiger partial charge in [0.05, 0.1) is 59.3 Å². The number of aromatic nitrogens is 8. The largest absolute Gasteiger partial charge is 0.359 e. The number of nitrogens with zero attached hydrogens (tertiary/aromatic N) is 9. The fraction of sp³-hybridized carbons (Fsp3) is 0.0526. The van der Waals surface area contributed by atoms with E-state index in [4.69, 9.17) is 9.97 Å². The number of anilines is 1. The van der Waals surface area contributed by atoms with Gasteiger partial charge in [-0.05, 0) is 66.7 Å². The van der Waals surface area contributed by atoms with Crippen LogP contribution in [-0.2, 0) is 13.1 Å². The topological polar surface area (TPSA) is 90.4 Å². The van der Waals surface area contributed by atoms with Crippen molar-refractivity contribution in [2.24, 2.45) is 0 Å². The first-order valence-electron chi connectivity index (χ1n) is 15.6. The minimum absolute atomic E-state index is 0.324. The summed E-state index contributed by atoms with van der Waals surface area (Å²) in [6.07, 6.45) is 3.63. The van der Waals surface area contributed by atoms with Gasteiger partial charge in [0.1, 0.15) is 23.0 Å². The average Bonchev–Trinajstić information content (AvgIpc) is 3.82. The molecule has 0 atom stereocenters. The molecule has 9 nitrogen and oxygen atoms in total. The Bertz CT molecular complexity index is 2270. The highest BCUT2D eigenvalue weighted by atomic mass is 19.1. The van der Waals surface area contributed by atoms with E-state index in [1.165, 1.54) is 24.3 Å². The fourth-order valence-electron chi connectivity index (χ4n) is 5.65. The van der Waals surface area contributed by atoms with Crippen LogP contribution < -0.4 is 4.90 Å². The van der Waals surface area contributed by atoms with Gasteiger partial charge in [-0.15, -0.1) is 10.2 Å². The highest BCUT2D eigenvalue weighted by Crippen LogP contribution is 2.32. The Labute approximate surface area is 279 Å². The molecule has 0 spiro atoms. The highest BCUT2D eigenvalue weighted by Gasteiger charge is 2.18. The summed E-state index contributed by atoms with van der Waals surface area (Å²) in [7, 11) is 0. The summed E-state index contributed by atoms with van der Waals surface area (Å²) < 4.78 is 30.3. The molecule has 0 radical (unpaired) electrons. The third kappa shape index (κ3) is 6.37. The van der Waals surface area contributed by atoms with E-state index in [1.807, 2.05) is 91.3 Å². The minimum atomic E-state index is -0.324. The molecule has 8 rings (SSSR count). The van der Waals surface area contributed by atoms with Crippen molar-refractivity contribution in [2.75, 3.05) is 4.90 Å². The second kappa shape index (κ2) is 12.9. The van der Waals surface area contributed by atoms with Gasteiger partial charge in [-0.25, -0.2) is 28.1 Å². The predicted octanol–water partition coefficient (Wildman–Crippen LogP) is 7.61. The number of halogens is 2. The zero-order valence-electron chi connectivity index (χ0n) is 26.0. The third-order valence-corrected chi connectivity index (χ3v) is 8.08. The molecule has 238 valence electrons. The number of fused-ring (bicyclic) bond motifs is 1. The molecule has 0 fully saturated rings. The molecule has 8 aromatic rings. The summed E-state index contributed by atoms with van der Waals surface area (Å²) in [5, 5.41) is 17.4. The molecule has 0 amide bonds. The lowest BCUT2D eigenvalue weighted by molar-refractivity contribution is 0.626. The van der Waals surface area contributed by atoms with Crippen LogP contribution in [0.3, 0.4) is 0 Å². The average molecular weight is 648 g/mol. The standard InChI is InChI=1S/C38H27F2N9/c39-28-11-15-32(16-12-28)48-24-30(43-45-48)22-47(23-31-25-49(46-44-31)33-17-13-29(40)14-18-33)34-19-20-35-36(21-34)42-38(27-9-5-2-6-10-27)37(41-35)26-7-3-1-4-8-26/h1-21,24-25H,22-23H2. The van der Waals surface area contributed by atoms with E-state index in [-0.39, 0.29) is 11.6 Å². The number of hydrogen-bond donors (Lipinski definition) is 0. The summed E-state index contributed by atoms with van der Waals surface area (Å²) >= 11 is 0. The van der Waals surface area contributed by atoms with E-state index in [2.05, 4.69) is 25.5 Å². The second-order valence-corrected chi connectivity index (χ2v) is 11.4. The summed E-state index contributed by atoms with van der Waals surface area (Å²) in [4.78, 5) is 12.4. The van der Waals surface area contributed by atoms with Crippen molar-refractivity contribution in [2.45, 2.75) is 13.1 Å². The minimum Gasteiger partial charge on any atom is -0.359 e. The van der Waals surface area contributed by atoms with Crippen molar-refractivity contribution in [1.82, 2.24) is 40.0 Å². The Morgan fingerprint density at radius 1 is 0.510 bits per heavy atom. The van der Waals surface area contributed by atoms with Crippen LogP contribution in [0.2, 0.25) is 0 Å². The highest BCUT2D eigenvalue weighted by molar-refractivity contribution is 5.87. The zero-order valence-corrected chi connectivity index (χ0v) is 26.0. The van der Waals surface area contributed by atoms with Gasteiger partial charge in [-0.2, -0.15) is 0 Å². The molecule has 0 aliphatic heterocycles. The Hall–Kier alpha value is -6.62. The Balaban J connectivity index is 1.18. The molecule has 0 unspecified atom stereocenters. The molecule has 0 saturated carbocycles. The van der Waals surface area contributed by atoms with Crippen LogP contribution in [0.1, 0.15) is 11.4 Å². The van der Waals surface area contributed by atoms with E-state index in [9.17, 15) is 8.78 Å². The quantitative estimate of drug-likeness (QED) is 0.159. The first kappa shape index (κ1) is 29.8. The molecule has 3 aromatic heterocycles. The van der Waals surface area contributed by atoms with Crippen LogP contribution >= 0.6 is 0 Å². The van der Waals surface area contributed by atoms with Gasteiger partial charge in [-0.3, -0.25) is 0 Å². The lowest BCUT2D eigenvalue weighted by Gasteiger charge is -2.23. The van der Waals surface area contributed by atoms with Crippen molar-refractivity contribution in [3.8, 4) is 33.9 Å². The molecule has 0 saturated heterocycles. The van der Waals surface area contributed by atoms with Gasteiger partial charge in [-0.1, -0.05) is 71.1 Å². The van der Waals surface area contributed by atoms with Crippen molar-refractivity contribution in [3.63, 3.8) is 0 Å². The zero-order chi connectivity index (χ0) is 33.2. The molecular formula is C38H27F2N9. The van der Waals surface area contributed by atoms with Gasteiger partial charge < -0.3 is 4.90 Å². The molecule has 49 heavy (non-hydrogen) atoms. The number of benzene rings is 5. The normalized spacial score (nSPS) is 11.2. The maximum atomic E-state index is 13.6. The smallest absolute Gasteiger partial charge is 0.123 e. The Morgan fingerprint density at radius 2 is 0.980 bits per heavy atom. The van der Waals surface area contributed by atoms with E-state index < -0.39 is 0 Å². The summed E-state index contributed by atoms with van der Waals surface area (Å²) in [6, 6.07) is 38.2. The maximum absolute atomic E-state index is 13.6. The molecule has 0 bridgehead atoms. The molecule has 11 heteroatoms. The SMILES string of the molecule is Fc1ccc(-n2cc(CN(Cc3cn(-c4ccc(F)cc4)nn3)c3ccc4nc(-c5ccccc5)c(-c5ccccc5)nc4c3)nn2)cc1. The molecule has 0 aliphatic rings. The van der Waals surface area contributed by atoms with E-state index >= 15 is 0 Å². The molecule has 5 aromatic carbocycles. The molecular weight excluding hydrogens is 620 g/mol. The Kier molecular flexibility index (Phi) is 7.82. The lowest BCUT2D eigenvalue weighted by Crippen LogP contribution is -2.22.